The monoisotopic (exact) mass is 247 g/mol. The van der Waals surface area contributed by atoms with Gasteiger partial charge in [0.15, 0.2) is 0 Å². The predicted octanol–water partition coefficient (Wildman–Crippen LogP) is 3.12. The number of nitrogens with two attached hydrogens (primary N) is 1. The first-order valence-electron chi connectivity index (χ1n) is 6.95. The van der Waals surface area contributed by atoms with Crippen LogP contribution < -0.4 is 10.6 Å². The van der Waals surface area contributed by atoms with E-state index in [1.807, 2.05) is 19.2 Å². The van der Waals surface area contributed by atoms with Gasteiger partial charge < -0.3 is 10.6 Å². The summed E-state index contributed by atoms with van der Waals surface area (Å²) in [6, 6.07) is 4.12. The first-order chi connectivity index (χ1) is 8.49. The molecule has 1 aliphatic rings. The number of hydrogen-bond donors (Lipinski definition) is 1. The van der Waals surface area contributed by atoms with Crippen molar-refractivity contribution >= 4 is 5.82 Å². The maximum absolute atomic E-state index is 6.05. The number of aromatic nitrogens is 1. The van der Waals surface area contributed by atoms with Gasteiger partial charge in [-0.1, -0.05) is 19.9 Å². The van der Waals surface area contributed by atoms with Crippen LogP contribution in [0.15, 0.2) is 18.3 Å². The first-order valence-corrected chi connectivity index (χ1v) is 6.95. The van der Waals surface area contributed by atoms with Gasteiger partial charge in [0.2, 0.25) is 0 Å². The van der Waals surface area contributed by atoms with Gasteiger partial charge in [0, 0.05) is 30.9 Å². The lowest BCUT2D eigenvalue weighted by Crippen LogP contribution is -2.28. The molecule has 1 aromatic rings. The Bertz CT molecular complexity index is 398. The maximum Gasteiger partial charge on any atom is 0.133 e. The van der Waals surface area contributed by atoms with Crippen molar-refractivity contribution in [3.8, 4) is 0 Å². The molecule has 0 saturated carbocycles. The molecule has 2 rings (SSSR count). The molecular weight excluding hydrogens is 222 g/mol. The lowest BCUT2D eigenvalue weighted by molar-refractivity contribution is 0.325. The van der Waals surface area contributed by atoms with Crippen molar-refractivity contribution in [1.82, 2.24) is 4.98 Å². The van der Waals surface area contributed by atoms with Crippen LogP contribution in [0.5, 0.6) is 0 Å². The highest BCUT2D eigenvalue weighted by atomic mass is 15.2. The normalized spacial score (nSPS) is 21.4. The van der Waals surface area contributed by atoms with E-state index in [2.05, 4.69) is 29.8 Å². The summed E-state index contributed by atoms with van der Waals surface area (Å²) in [5, 5.41) is 0. The predicted molar refractivity (Wildman–Crippen MR) is 76.7 cm³/mol. The van der Waals surface area contributed by atoms with Crippen LogP contribution in [0.3, 0.4) is 0 Å². The minimum absolute atomic E-state index is 0.0463. The number of anilines is 1. The molecule has 0 bridgehead atoms. The molecule has 0 radical (unpaired) electrons. The fraction of sp³-hybridized carbons (Fsp3) is 0.667. The smallest absolute Gasteiger partial charge is 0.133 e. The fourth-order valence-electron chi connectivity index (χ4n) is 2.66. The molecule has 1 aliphatic heterocycles. The van der Waals surface area contributed by atoms with E-state index in [1.165, 1.54) is 19.3 Å². The fourth-order valence-corrected chi connectivity index (χ4v) is 2.66. The molecule has 1 unspecified atom stereocenters. The number of pyridine rings is 1. The lowest BCUT2D eigenvalue weighted by atomic mass is 9.85. The highest BCUT2D eigenvalue weighted by Gasteiger charge is 2.24. The van der Waals surface area contributed by atoms with E-state index in [0.717, 1.165) is 24.5 Å². The second-order valence-corrected chi connectivity index (χ2v) is 6.21. The molecule has 18 heavy (non-hydrogen) atoms. The van der Waals surface area contributed by atoms with Gasteiger partial charge in [-0.25, -0.2) is 4.98 Å². The lowest BCUT2D eigenvalue weighted by Gasteiger charge is -2.26. The topological polar surface area (TPSA) is 42.1 Å². The van der Waals surface area contributed by atoms with Gasteiger partial charge in [0.25, 0.3) is 0 Å². The molecule has 3 heteroatoms. The first kappa shape index (κ1) is 13.3. The summed E-state index contributed by atoms with van der Waals surface area (Å²) in [6.45, 7) is 8.94. The molecule has 3 nitrogen and oxygen atoms in total. The van der Waals surface area contributed by atoms with E-state index in [9.17, 15) is 0 Å². The van der Waals surface area contributed by atoms with Gasteiger partial charge in [-0.2, -0.15) is 0 Å². The number of nitrogens with zero attached hydrogens (tertiary/aromatic N) is 2. The zero-order valence-electron chi connectivity index (χ0n) is 11.8. The Kier molecular flexibility index (Phi) is 3.91. The third-order valence-electron chi connectivity index (χ3n) is 3.95. The van der Waals surface area contributed by atoms with Crippen molar-refractivity contribution in [3.05, 3.63) is 23.9 Å². The molecule has 1 fully saturated rings. The van der Waals surface area contributed by atoms with Gasteiger partial charge in [-0.3, -0.25) is 0 Å². The molecule has 2 heterocycles. The Morgan fingerprint density at radius 2 is 2.11 bits per heavy atom. The summed E-state index contributed by atoms with van der Waals surface area (Å²) in [7, 11) is 0. The molecule has 0 amide bonds. The highest BCUT2D eigenvalue weighted by Crippen LogP contribution is 2.32. The average molecular weight is 247 g/mol. The zero-order chi connectivity index (χ0) is 13.2. The minimum atomic E-state index is 0.0463. The largest absolute Gasteiger partial charge is 0.356 e. The molecule has 2 N–H and O–H groups in total. The van der Waals surface area contributed by atoms with Gasteiger partial charge in [-0.05, 0) is 37.7 Å². The summed E-state index contributed by atoms with van der Waals surface area (Å²) in [5.74, 6) is 1.09. The van der Waals surface area contributed by atoms with Crippen LogP contribution in [0, 0.1) is 5.41 Å². The van der Waals surface area contributed by atoms with Crippen molar-refractivity contribution in [1.29, 1.82) is 0 Å². The summed E-state index contributed by atoms with van der Waals surface area (Å²) in [6.07, 6.45) is 5.63. The van der Waals surface area contributed by atoms with E-state index in [4.69, 9.17) is 5.73 Å². The number of rotatable bonds is 2. The van der Waals surface area contributed by atoms with Crippen LogP contribution in [0.25, 0.3) is 0 Å². The molecule has 0 spiro atoms. The molecule has 100 valence electrons. The Morgan fingerprint density at radius 3 is 2.83 bits per heavy atom. The van der Waals surface area contributed by atoms with Crippen LogP contribution in [0.2, 0.25) is 0 Å². The molecule has 1 aromatic heterocycles. The highest BCUT2D eigenvalue weighted by molar-refractivity contribution is 5.48. The summed E-state index contributed by atoms with van der Waals surface area (Å²) < 4.78 is 0. The number of hydrogen-bond acceptors (Lipinski definition) is 3. The van der Waals surface area contributed by atoms with E-state index < -0.39 is 0 Å². The molecule has 1 saturated heterocycles. The second-order valence-electron chi connectivity index (χ2n) is 6.21. The second kappa shape index (κ2) is 5.27. The Morgan fingerprint density at radius 1 is 1.33 bits per heavy atom. The third-order valence-corrected chi connectivity index (χ3v) is 3.95. The quantitative estimate of drug-likeness (QED) is 0.873. The summed E-state index contributed by atoms with van der Waals surface area (Å²) in [4.78, 5) is 6.97. The van der Waals surface area contributed by atoms with Gasteiger partial charge in [-0.15, -0.1) is 0 Å². The van der Waals surface area contributed by atoms with E-state index in [-0.39, 0.29) is 6.04 Å². The van der Waals surface area contributed by atoms with E-state index >= 15 is 0 Å². The Hall–Kier alpha value is -1.09. The molecular formula is C15H25N3. The summed E-state index contributed by atoms with van der Waals surface area (Å²) >= 11 is 0. The van der Waals surface area contributed by atoms with Crippen molar-refractivity contribution < 1.29 is 0 Å². The Balaban J connectivity index is 2.21. The molecule has 0 aliphatic carbocycles. The van der Waals surface area contributed by atoms with Crippen LogP contribution in [0.4, 0.5) is 5.82 Å². The van der Waals surface area contributed by atoms with Crippen molar-refractivity contribution in [2.24, 2.45) is 11.1 Å². The minimum Gasteiger partial charge on any atom is -0.356 e. The van der Waals surface area contributed by atoms with Crippen LogP contribution in [-0.2, 0) is 0 Å². The van der Waals surface area contributed by atoms with Crippen LogP contribution in [0.1, 0.15) is 51.6 Å². The summed E-state index contributed by atoms with van der Waals surface area (Å²) in [5.41, 5.74) is 7.67. The standard InChI is InChI=1S/C15H25N3/c1-12(16)13-6-4-9-17-14(13)18-10-5-7-15(2,3)8-11-18/h4,6,9,12H,5,7-8,10-11,16H2,1-3H3. The van der Waals surface area contributed by atoms with Gasteiger partial charge in [0.05, 0.1) is 0 Å². The van der Waals surface area contributed by atoms with Gasteiger partial charge >= 0.3 is 0 Å². The van der Waals surface area contributed by atoms with Gasteiger partial charge in [0.1, 0.15) is 5.82 Å². The average Bonchev–Trinajstić information content (AvgIpc) is 2.50. The van der Waals surface area contributed by atoms with Crippen LogP contribution >= 0.6 is 0 Å². The third kappa shape index (κ3) is 3.02. The molecule has 1 atom stereocenters. The van der Waals surface area contributed by atoms with E-state index in [1.54, 1.807) is 0 Å². The van der Waals surface area contributed by atoms with Crippen molar-refractivity contribution in [2.75, 3.05) is 18.0 Å². The maximum atomic E-state index is 6.05. The van der Waals surface area contributed by atoms with Crippen LogP contribution in [-0.4, -0.2) is 18.1 Å². The van der Waals surface area contributed by atoms with E-state index in [0.29, 0.717) is 5.41 Å². The van der Waals surface area contributed by atoms with Crippen molar-refractivity contribution in [3.63, 3.8) is 0 Å². The van der Waals surface area contributed by atoms with Crippen molar-refractivity contribution in [2.45, 2.75) is 46.1 Å². The Labute approximate surface area is 110 Å². The zero-order valence-corrected chi connectivity index (χ0v) is 11.8. The SMILES string of the molecule is CC(N)c1cccnc1N1CCCC(C)(C)CC1. The molecule has 0 aromatic carbocycles.